The highest BCUT2D eigenvalue weighted by Gasteiger charge is 2.17. The van der Waals surface area contributed by atoms with Crippen molar-refractivity contribution in [2.45, 2.75) is 0 Å². The molecule has 0 N–H and O–H groups in total. The molecule has 7 nitrogen and oxygen atoms in total. The van der Waals surface area contributed by atoms with E-state index in [0.29, 0.717) is 5.75 Å². The Morgan fingerprint density at radius 3 is 2.22 bits per heavy atom. The fourth-order valence-electron chi connectivity index (χ4n) is 1.24. The zero-order chi connectivity index (χ0) is 13.1. The highest BCUT2D eigenvalue weighted by molar-refractivity contribution is 7.12. The van der Waals surface area contributed by atoms with E-state index in [4.69, 9.17) is 4.74 Å². The first-order valence-electron chi connectivity index (χ1n) is 4.72. The van der Waals surface area contributed by atoms with Crippen molar-refractivity contribution in [1.29, 1.82) is 0 Å². The average molecular weight is 266 g/mol. The molecule has 0 fully saturated rings. The van der Waals surface area contributed by atoms with Crippen molar-refractivity contribution in [2.75, 3.05) is 0 Å². The molecule has 0 unspecified atom stereocenters. The molecular weight excluding hydrogens is 260 g/mol. The van der Waals surface area contributed by atoms with E-state index < -0.39 is 9.85 Å². The van der Waals surface area contributed by atoms with E-state index >= 15 is 0 Å². The Balaban J connectivity index is 2.21. The number of nitro benzene ring substituents is 1. The number of non-ortho nitro benzene ring substituents is 1. The van der Waals surface area contributed by atoms with Crippen molar-refractivity contribution >= 4 is 22.7 Å². The van der Waals surface area contributed by atoms with Crippen LogP contribution in [-0.4, -0.2) is 9.85 Å². The SMILES string of the molecule is O=[N+]([O-])c1ccc(Oc2sccc2[N+](=O)[O-])cc1. The van der Waals surface area contributed by atoms with Crippen LogP contribution in [0.5, 0.6) is 10.8 Å². The fourth-order valence-corrected chi connectivity index (χ4v) is 1.97. The van der Waals surface area contributed by atoms with Gasteiger partial charge in [-0.3, -0.25) is 20.2 Å². The van der Waals surface area contributed by atoms with Crippen molar-refractivity contribution in [1.82, 2.24) is 0 Å². The lowest BCUT2D eigenvalue weighted by Gasteiger charge is -2.01. The van der Waals surface area contributed by atoms with Crippen LogP contribution in [0.4, 0.5) is 11.4 Å². The van der Waals surface area contributed by atoms with Crippen LogP contribution in [0.1, 0.15) is 0 Å². The second kappa shape index (κ2) is 4.80. The molecule has 1 aromatic heterocycles. The first kappa shape index (κ1) is 12.0. The van der Waals surface area contributed by atoms with Gasteiger partial charge in [-0.05, 0) is 12.1 Å². The number of nitrogens with zero attached hydrogens (tertiary/aromatic N) is 2. The van der Waals surface area contributed by atoms with Crippen molar-refractivity contribution in [3.05, 3.63) is 55.9 Å². The zero-order valence-electron chi connectivity index (χ0n) is 8.81. The van der Waals surface area contributed by atoms with Crippen LogP contribution in [0.2, 0.25) is 0 Å². The van der Waals surface area contributed by atoms with E-state index in [0.717, 1.165) is 11.3 Å². The van der Waals surface area contributed by atoms with Gasteiger partial charge >= 0.3 is 5.69 Å². The van der Waals surface area contributed by atoms with E-state index in [1.807, 2.05) is 0 Å². The molecule has 0 amide bonds. The van der Waals surface area contributed by atoms with Gasteiger partial charge in [-0.15, -0.1) is 11.3 Å². The quantitative estimate of drug-likeness (QED) is 0.624. The lowest BCUT2D eigenvalue weighted by atomic mass is 10.3. The molecule has 0 saturated carbocycles. The summed E-state index contributed by atoms with van der Waals surface area (Å²) in [5.41, 5.74) is -0.193. The predicted molar refractivity (Wildman–Crippen MR) is 64.1 cm³/mol. The maximum absolute atomic E-state index is 10.7. The van der Waals surface area contributed by atoms with Crippen LogP contribution >= 0.6 is 11.3 Å². The highest BCUT2D eigenvalue weighted by atomic mass is 32.1. The van der Waals surface area contributed by atoms with Gasteiger partial charge in [-0.25, -0.2) is 0 Å². The van der Waals surface area contributed by atoms with Crippen molar-refractivity contribution < 1.29 is 14.6 Å². The molecule has 2 aromatic rings. The molecule has 0 spiro atoms. The van der Waals surface area contributed by atoms with Crippen LogP contribution in [0, 0.1) is 20.2 Å². The molecule has 0 radical (unpaired) electrons. The van der Waals surface area contributed by atoms with Gasteiger partial charge in [0.1, 0.15) is 5.75 Å². The monoisotopic (exact) mass is 266 g/mol. The Labute approximate surface area is 105 Å². The third-order valence-electron chi connectivity index (χ3n) is 2.06. The molecule has 18 heavy (non-hydrogen) atoms. The van der Waals surface area contributed by atoms with E-state index in [9.17, 15) is 20.2 Å². The number of thiophene rings is 1. The lowest BCUT2D eigenvalue weighted by molar-refractivity contribution is -0.385. The number of nitro groups is 2. The summed E-state index contributed by atoms with van der Waals surface area (Å²) >= 11 is 1.09. The van der Waals surface area contributed by atoms with Gasteiger partial charge in [0.2, 0.25) is 0 Å². The Bertz CT molecular complexity index is 593. The van der Waals surface area contributed by atoms with Crippen molar-refractivity contribution in [3.8, 4) is 10.8 Å². The Hall–Kier alpha value is -2.48. The van der Waals surface area contributed by atoms with Crippen molar-refractivity contribution in [2.24, 2.45) is 0 Å². The Morgan fingerprint density at radius 2 is 1.67 bits per heavy atom. The third kappa shape index (κ3) is 2.43. The van der Waals surface area contributed by atoms with Crippen LogP contribution in [0.25, 0.3) is 0 Å². The summed E-state index contributed by atoms with van der Waals surface area (Å²) in [5.74, 6) is 0.311. The van der Waals surface area contributed by atoms with Crippen LogP contribution in [0.15, 0.2) is 35.7 Å². The maximum Gasteiger partial charge on any atom is 0.322 e. The zero-order valence-corrected chi connectivity index (χ0v) is 9.62. The minimum absolute atomic E-state index is 0.0666. The van der Waals surface area contributed by atoms with E-state index in [-0.39, 0.29) is 16.4 Å². The minimum Gasteiger partial charge on any atom is -0.440 e. The third-order valence-corrected chi connectivity index (χ3v) is 2.84. The van der Waals surface area contributed by atoms with E-state index in [1.54, 1.807) is 5.38 Å². The average Bonchev–Trinajstić information content (AvgIpc) is 2.78. The predicted octanol–water partition coefficient (Wildman–Crippen LogP) is 3.36. The Morgan fingerprint density at radius 1 is 1.00 bits per heavy atom. The van der Waals surface area contributed by atoms with E-state index in [1.165, 1.54) is 30.3 Å². The largest absolute Gasteiger partial charge is 0.440 e. The molecule has 0 aliphatic heterocycles. The van der Waals surface area contributed by atoms with Crippen LogP contribution < -0.4 is 4.74 Å². The topological polar surface area (TPSA) is 95.5 Å². The maximum atomic E-state index is 10.7. The molecule has 1 aromatic carbocycles. The van der Waals surface area contributed by atoms with Gasteiger partial charge in [0.15, 0.2) is 0 Å². The van der Waals surface area contributed by atoms with Gasteiger partial charge in [0.05, 0.1) is 9.85 Å². The van der Waals surface area contributed by atoms with Gasteiger partial charge < -0.3 is 4.74 Å². The van der Waals surface area contributed by atoms with Crippen molar-refractivity contribution in [3.63, 3.8) is 0 Å². The van der Waals surface area contributed by atoms with Gasteiger partial charge in [0, 0.05) is 23.6 Å². The first-order valence-corrected chi connectivity index (χ1v) is 5.60. The summed E-state index contributed by atoms with van der Waals surface area (Å²) in [4.78, 5) is 20.0. The lowest BCUT2D eigenvalue weighted by Crippen LogP contribution is -1.90. The summed E-state index contributed by atoms with van der Waals surface area (Å²) in [7, 11) is 0. The number of rotatable bonds is 4. The molecule has 92 valence electrons. The number of hydrogen-bond donors (Lipinski definition) is 0. The fraction of sp³-hybridized carbons (Fsp3) is 0. The summed E-state index contributed by atoms with van der Waals surface area (Å²) in [6, 6.07) is 6.66. The number of ether oxygens (including phenoxy) is 1. The molecular formula is C10H6N2O5S. The Kier molecular flexibility index (Phi) is 3.20. The number of benzene rings is 1. The second-order valence-corrected chi connectivity index (χ2v) is 4.08. The van der Waals surface area contributed by atoms with E-state index in [2.05, 4.69) is 0 Å². The van der Waals surface area contributed by atoms with Gasteiger partial charge in [-0.1, -0.05) is 0 Å². The highest BCUT2D eigenvalue weighted by Crippen LogP contribution is 2.36. The molecule has 2 rings (SSSR count). The second-order valence-electron chi connectivity index (χ2n) is 3.20. The standard InChI is InChI=1S/C10H6N2O5S/c13-11(14)7-1-3-8(4-2-7)17-10-9(12(15)16)5-6-18-10/h1-6H. The van der Waals surface area contributed by atoms with Gasteiger partial charge in [-0.2, -0.15) is 0 Å². The summed E-state index contributed by atoms with van der Waals surface area (Å²) in [6.45, 7) is 0. The van der Waals surface area contributed by atoms with Crippen LogP contribution in [0.3, 0.4) is 0 Å². The molecule has 0 atom stereocenters. The van der Waals surface area contributed by atoms with Gasteiger partial charge in [0.25, 0.3) is 10.8 Å². The summed E-state index contributed by atoms with van der Waals surface area (Å²) in [5, 5.41) is 22.8. The normalized spacial score (nSPS) is 10.0. The summed E-state index contributed by atoms with van der Waals surface area (Å²) in [6.07, 6.45) is 0. The van der Waals surface area contributed by atoms with Crippen LogP contribution in [-0.2, 0) is 0 Å². The first-order chi connectivity index (χ1) is 8.58. The molecule has 0 aliphatic carbocycles. The molecule has 8 heteroatoms. The summed E-state index contributed by atoms with van der Waals surface area (Å²) < 4.78 is 5.30. The smallest absolute Gasteiger partial charge is 0.322 e. The molecule has 1 heterocycles. The molecule has 0 bridgehead atoms. The molecule has 0 saturated heterocycles. The number of hydrogen-bond acceptors (Lipinski definition) is 6. The minimum atomic E-state index is -0.544. The molecule has 0 aliphatic rings.